The van der Waals surface area contributed by atoms with Crippen molar-refractivity contribution in [2.75, 3.05) is 0 Å². The van der Waals surface area contributed by atoms with Crippen LogP contribution in [-0.4, -0.2) is 24.9 Å². The van der Waals surface area contributed by atoms with Crippen LogP contribution in [0.15, 0.2) is 24.3 Å². The van der Waals surface area contributed by atoms with Crippen molar-refractivity contribution in [2.45, 2.75) is 9.88 Å². The summed E-state index contributed by atoms with van der Waals surface area (Å²) in [7, 11) is 0. The Balaban J connectivity index is 3.03. The van der Waals surface area contributed by atoms with Crippen LogP contribution in [0.5, 0.6) is 5.75 Å². The second-order valence-electron chi connectivity index (χ2n) is 2.52. The Bertz CT molecular complexity index is 220. The molecule has 1 aromatic rings. The predicted octanol–water partition coefficient (Wildman–Crippen LogP) is 1.35. The molecule has 53 valence electrons. The van der Waals surface area contributed by atoms with Gasteiger partial charge in [-0.3, -0.25) is 0 Å². The summed E-state index contributed by atoms with van der Waals surface area (Å²) in [6.45, 7) is 0. The van der Waals surface area contributed by atoms with Gasteiger partial charge in [0.1, 0.15) is 0 Å². The SMILES string of the molecule is [CH3][Sn]([CH3])[c]1ccccc1O. The van der Waals surface area contributed by atoms with Crippen LogP contribution in [0.2, 0.25) is 9.88 Å². The van der Waals surface area contributed by atoms with Crippen molar-refractivity contribution in [1.82, 2.24) is 0 Å². The van der Waals surface area contributed by atoms with Gasteiger partial charge in [-0.1, -0.05) is 0 Å². The number of para-hydroxylation sites is 1. The van der Waals surface area contributed by atoms with E-state index in [0.717, 1.165) is 0 Å². The van der Waals surface area contributed by atoms with Gasteiger partial charge < -0.3 is 0 Å². The number of benzene rings is 1. The summed E-state index contributed by atoms with van der Waals surface area (Å²) in [6.07, 6.45) is 0. The average molecular weight is 242 g/mol. The van der Waals surface area contributed by atoms with Crippen LogP contribution in [-0.2, 0) is 0 Å². The van der Waals surface area contributed by atoms with Crippen molar-refractivity contribution in [3.8, 4) is 5.75 Å². The first-order valence-corrected chi connectivity index (χ1v) is 10.4. The minimum atomic E-state index is -1.33. The molecule has 0 unspecified atom stereocenters. The molecule has 1 radical (unpaired) electrons. The summed E-state index contributed by atoms with van der Waals surface area (Å²) in [6, 6.07) is 7.65. The standard InChI is InChI=1S/C6H5O.2CH3.Sn/c7-6-4-2-1-3-5-6;;;/h1-4,7H;2*1H3;. The Morgan fingerprint density at radius 3 is 2.20 bits per heavy atom. The van der Waals surface area contributed by atoms with Crippen molar-refractivity contribution in [3.05, 3.63) is 24.3 Å². The molecule has 0 saturated heterocycles. The van der Waals surface area contributed by atoms with Gasteiger partial charge in [-0.2, -0.15) is 0 Å². The third kappa shape index (κ3) is 1.66. The van der Waals surface area contributed by atoms with Gasteiger partial charge in [0, 0.05) is 0 Å². The van der Waals surface area contributed by atoms with Gasteiger partial charge in [0.05, 0.1) is 0 Å². The predicted molar refractivity (Wildman–Crippen MR) is 45.2 cm³/mol. The van der Waals surface area contributed by atoms with Crippen LogP contribution >= 0.6 is 0 Å². The Morgan fingerprint density at radius 2 is 1.80 bits per heavy atom. The zero-order valence-corrected chi connectivity index (χ0v) is 9.11. The summed E-state index contributed by atoms with van der Waals surface area (Å²) in [5.41, 5.74) is 0. The fourth-order valence-electron chi connectivity index (χ4n) is 0.896. The molecule has 1 rings (SSSR count). The molecule has 0 aliphatic rings. The van der Waals surface area contributed by atoms with Crippen LogP contribution in [0.1, 0.15) is 0 Å². The van der Waals surface area contributed by atoms with Gasteiger partial charge >= 0.3 is 68.3 Å². The van der Waals surface area contributed by atoms with Crippen molar-refractivity contribution < 1.29 is 5.11 Å². The van der Waals surface area contributed by atoms with Crippen molar-refractivity contribution >= 4 is 23.3 Å². The molecule has 0 heterocycles. The zero-order valence-electron chi connectivity index (χ0n) is 6.26. The third-order valence-corrected chi connectivity index (χ3v) is 5.72. The number of aromatic hydroxyl groups is 1. The van der Waals surface area contributed by atoms with E-state index in [1.165, 1.54) is 3.58 Å². The molecule has 2 heteroatoms. The molecule has 0 aromatic heterocycles. The van der Waals surface area contributed by atoms with E-state index in [1.54, 1.807) is 6.07 Å². The summed E-state index contributed by atoms with van der Waals surface area (Å²) < 4.78 is 1.21. The van der Waals surface area contributed by atoms with Gasteiger partial charge in [0.15, 0.2) is 0 Å². The first-order chi connectivity index (χ1) is 4.72. The molecular weight excluding hydrogens is 231 g/mol. The molecule has 0 aliphatic carbocycles. The molecule has 1 aromatic carbocycles. The van der Waals surface area contributed by atoms with Gasteiger partial charge in [0.2, 0.25) is 0 Å². The van der Waals surface area contributed by atoms with E-state index < -0.39 is 19.8 Å². The quantitative estimate of drug-likeness (QED) is 0.737. The zero-order chi connectivity index (χ0) is 7.56. The molecule has 0 aliphatic heterocycles. The van der Waals surface area contributed by atoms with Crippen LogP contribution in [0, 0.1) is 0 Å². The summed E-state index contributed by atoms with van der Waals surface area (Å²) in [4.78, 5) is 4.52. The summed E-state index contributed by atoms with van der Waals surface area (Å²) in [5.74, 6) is 0.488. The van der Waals surface area contributed by atoms with Crippen LogP contribution < -0.4 is 3.58 Å². The molecule has 1 N–H and O–H groups in total. The molecule has 0 saturated carbocycles. The molecule has 0 fully saturated rings. The third-order valence-electron chi connectivity index (χ3n) is 1.44. The average Bonchev–Trinajstić information content (AvgIpc) is 1.88. The molecular formula is C8H11OSn. The van der Waals surface area contributed by atoms with Crippen molar-refractivity contribution in [1.29, 1.82) is 0 Å². The fourth-order valence-corrected chi connectivity index (χ4v) is 3.82. The summed E-state index contributed by atoms with van der Waals surface area (Å²) >= 11 is -1.33. The number of hydrogen-bond donors (Lipinski definition) is 1. The number of rotatable bonds is 1. The normalized spacial score (nSPS) is 10.3. The topological polar surface area (TPSA) is 20.2 Å². The van der Waals surface area contributed by atoms with Crippen LogP contribution in [0.3, 0.4) is 0 Å². The van der Waals surface area contributed by atoms with E-state index in [4.69, 9.17) is 0 Å². The van der Waals surface area contributed by atoms with Gasteiger partial charge in [0.25, 0.3) is 0 Å². The second-order valence-corrected chi connectivity index (χ2v) is 9.76. The van der Waals surface area contributed by atoms with E-state index >= 15 is 0 Å². The Morgan fingerprint density at radius 1 is 1.20 bits per heavy atom. The molecule has 0 atom stereocenters. The van der Waals surface area contributed by atoms with Crippen LogP contribution in [0.4, 0.5) is 0 Å². The van der Waals surface area contributed by atoms with Gasteiger partial charge in [-0.15, -0.1) is 0 Å². The van der Waals surface area contributed by atoms with Crippen molar-refractivity contribution in [2.24, 2.45) is 0 Å². The van der Waals surface area contributed by atoms with E-state index in [0.29, 0.717) is 5.75 Å². The number of phenolic OH excluding ortho intramolecular Hbond substituents is 1. The van der Waals surface area contributed by atoms with Crippen molar-refractivity contribution in [3.63, 3.8) is 0 Å². The second kappa shape index (κ2) is 3.28. The van der Waals surface area contributed by atoms with E-state index in [9.17, 15) is 5.11 Å². The van der Waals surface area contributed by atoms with Gasteiger partial charge in [-0.25, -0.2) is 0 Å². The molecule has 0 amide bonds. The van der Waals surface area contributed by atoms with Crippen LogP contribution in [0.25, 0.3) is 0 Å². The maximum atomic E-state index is 9.33. The summed E-state index contributed by atoms with van der Waals surface area (Å²) in [5, 5.41) is 9.33. The first-order valence-electron chi connectivity index (χ1n) is 3.30. The molecule has 0 spiro atoms. The number of hydrogen-bond acceptors (Lipinski definition) is 1. The van der Waals surface area contributed by atoms with E-state index in [2.05, 4.69) is 9.88 Å². The Hall–Kier alpha value is -0.181. The monoisotopic (exact) mass is 243 g/mol. The Kier molecular flexibility index (Phi) is 2.60. The molecule has 0 bridgehead atoms. The number of phenols is 1. The first kappa shape index (κ1) is 7.92. The minimum absolute atomic E-state index is 0.488. The molecule has 1 nitrogen and oxygen atoms in total. The molecule has 10 heavy (non-hydrogen) atoms. The van der Waals surface area contributed by atoms with E-state index in [-0.39, 0.29) is 0 Å². The maximum absolute atomic E-state index is 9.33. The van der Waals surface area contributed by atoms with E-state index in [1.807, 2.05) is 18.2 Å². The van der Waals surface area contributed by atoms with Gasteiger partial charge in [-0.05, 0) is 0 Å². The fraction of sp³-hybridized carbons (Fsp3) is 0.250. The Labute approximate surface area is 68.4 Å².